The number of para-hydroxylation sites is 3. The van der Waals surface area contributed by atoms with Gasteiger partial charge in [-0.15, -0.1) is 0 Å². The van der Waals surface area contributed by atoms with Gasteiger partial charge in [-0.05, 0) is 109 Å². The van der Waals surface area contributed by atoms with Gasteiger partial charge in [0.2, 0.25) is 0 Å². The zero-order valence-corrected chi connectivity index (χ0v) is 36.3. The SMILES string of the molecule is c1ccc(-c2ccccc2-c2ccccc2-c2ccccc2N(c2ccc(-c3ccc(-c4cccc5ccccc45)cc3)cc2)c2cccc(-n3c4ccccc4c4ccccc43)c2)cc1. The number of hydrogen-bond donors (Lipinski definition) is 0. The molecule has 0 unspecified atom stereocenters. The topological polar surface area (TPSA) is 8.17 Å². The van der Waals surface area contributed by atoms with Crippen LogP contribution in [0.25, 0.3) is 93.9 Å². The summed E-state index contributed by atoms with van der Waals surface area (Å²) < 4.78 is 2.40. The van der Waals surface area contributed by atoms with Crippen molar-refractivity contribution in [2.45, 2.75) is 0 Å². The van der Waals surface area contributed by atoms with Gasteiger partial charge in [0.1, 0.15) is 0 Å². The van der Waals surface area contributed by atoms with E-state index < -0.39 is 0 Å². The first-order valence-electron chi connectivity index (χ1n) is 22.7. The molecule has 0 saturated carbocycles. The molecule has 0 aliphatic carbocycles. The summed E-state index contributed by atoms with van der Waals surface area (Å²) in [5.74, 6) is 0. The minimum Gasteiger partial charge on any atom is -0.310 e. The van der Waals surface area contributed by atoms with Crippen molar-refractivity contribution in [1.29, 1.82) is 0 Å². The van der Waals surface area contributed by atoms with Crippen LogP contribution in [0.5, 0.6) is 0 Å². The number of fused-ring (bicyclic) bond motifs is 4. The standard InChI is InChI=1S/C64H44N2/c1-2-18-47(19-3-1)55-25-6-7-26-56(55)57-27-8-9-28-58(57)59-29-10-13-33-62(59)65(51-22-17-23-52(44-51)66-63-34-14-11-30-60(63)61-31-12-15-35-64(61)66)50-42-40-46(41-43-50)45-36-38-49(39-37-45)54-32-16-21-48-20-4-5-24-53(48)54/h1-44H. The maximum absolute atomic E-state index is 2.43. The fraction of sp³-hybridized carbons (Fsp3) is 0. The quantitative estimate of drug-likeness (QED) is 0.141. The number of aromatic nitrogens is 1. The van der Waals surface area contributed by atoms with E-state index in [1.165, 1.54) is 82.6 Å². The maximum Gasteiger partial charge on any atom is 0.0541 e. The summed E-state index contributed by atoms with van der Waals surface area (Å²) in [6.07, 6.45) is 0. The molecule has 12 aromatic rings. The molecular weight excluding hydrogens is 797 g/mol. The predicted octanol–water partition coefficient (Wildman–Crippen LogP) is 17.7. The summed E-state index contributed by atoms with van der Waals surface area (Å²) in [7, 11) is 0. The number of rotatable bonds is 9. The van der Waals surface area contributed by atoms with E-state index in [9.17, 15) is 0 Å². The third-order valence-corrected chi connectivity index (χ3v) is 13.0. The van der Waals surface area contributed by atoms with Crippen molar-refractivity contribution in [3.8, 4) is 61.3 Å². The van der Waals surface area contributed by atoms with E-state index in [-0.39, 0.29) is 0 Å². The van der Waals surface area contributed by atoms with E-state index in [0.717, 1.165) is 28.3 Å². The molecule has 2 nitrogen and oxygen atoms in total. The zero-order valence-electron chi connectivity index (χ0n) is 36.3. The normalized spacial score (nSPS) is 11.3. The van der Waals surface area contributed by atoms with Gasteiger partial charge in [-0.2, -0.15) is 0 Å². The van der Waals surface area contributed by atoms with Gasteiger partial charge in [-0.3, -0.25) is 0 Å². The van der Waals surface area contributed by atoms with Crippen molar-refractivity contribution in [2.75, 3.05) is 4.90 Å². The molecule has 0 N–H and O–H groups in total. The molecule has 0 aliphatic rings. The molecule has 12 rings (SSSR count). The predicted molar refractivity (Wildman–Crippen MR) is 280 cm³/mol. The average molecular weight is 841 g/mol. The van der Waals surface area contributed by atoms with E-state index in [1.807, 2.05) is 0 Å². The first kappa shape index (κ1) is 38.9. The van der Waals surface area contributed by atoms with Gasteiger partial charge in [0.05, 0.1) is 16.7 Å². The van der Waals surface area contributed by atoms with Crippen LogP contribution in [0.2, 0.25) is 0 Å². The van der Waals surface area contributed by atoms with E-state index in [0.29, 0.717) is 0 Å². The number of benzene rings is 11. The molecule has 0 aliphatic heterocycles. The van der Waals surface area contributed by atoms with Crippen LogP contribution in [0, 0.1) is 0 Å². The summed E-state index contributed by atoms with van der Waals surface area (Å²) >= 11 is 0. The first-order chi connectivity index (χ1) is 32.8. The fourth-order valence-electron chi connectivity index (χ4n) is 9.96. The molecule has 1 heterocycles. The Balaban J connectivity index is 1.00. The minimum atomic E-state index is 1.07. The molecule has 0 atom stereocenters. The van der Waals surface area contributed by atoms with Gasteiger partial charge in [0.25, 0.3) is 0 Å². The molecule has 0 fully saturated rings. The molecule has 2 heteroatoms. The van der Waals surface area contributed by atoms with E-state index in [2.05, 4.69) is 276 Å². The van der Waals surface area contributed by atoms with E-state index in [1.54, 1.807) is 0 Å². The van der Waals surface area contributed by atoms with Crippen molar-refractivity contribution in [2.24, 2.45) is 0 Å². The van der Waals surface area contributed by atoms with Gasteiger partial charge in [-0.1, -0.05) is 218 Å². The van der Waals surface area contributed by atoms with Gasteiger partial charge in [-0.25, -0.2) is 0 Å². The average Bonchev–Trinajstić information content (AvgIpc) is 3.74. The Morgan fingerprint density at radius 1 is 0.258 bits per heavy atom. The lowest BCUT2D eigenvalue weighted by Crippen LogP contribution is -2.12. The molecule has 0 bridgehead atoms. The monoisotopic (exact) mass is 840 g/mol. The smallest absolute Gasteiger partial charge is 0.0541 e. The Morgan fingerprint density at radius 3 is 1.41 bits per heavy atom. The highest BCUT2D eigenvalue weighted by molar-refractivity contribution is 6.09. The van der Waals surface area contributed by atoms with Gasteiger partial charge in [0.15, 0.2) is 0 Å². The van der Waals surface area contributed by atoms with Crippen LogP contribution >= 0.6 is 0 Å². The first-order valence-corrected chi connectivity index (χ1v) is 22.7. The summed E-state index contributed by atoms with van der Waals surface area (Å²) in [6, 6.07) is 96.9. The molecule has 310 valence electrons. The number of nitrogens with zero attached hydrogens (tertiary/aromatic N) is 2. The van der Waals surface area contributed by atoms with Crippen LogP contribution in [0.3, 0.4) is 0 Å². The van der Waals surface area contributed by atoms with Crippen molar-refractivity contribution in [1.82, 2.24) is 4.57 Å². The summed E-state index contributed by atoms with van der Waals surface area (Å²) in [5, 5.41) is 5.01. The zero-order chi connectivity index (χ0) is 43.8. The molecule has 1 aromatic heterocycles. The van der Waals surface area contributed by atoms with Gasteiger partial charge >= 0.3 is 0 Å². The lowest BCUT2D eigenvalue weighted by Gasteiger charge is -2.29. The van der Waals surface area contributed by atoms with Gasteiger partial charge in [0, 0.05) is 33.4 Å². The minimum absolute atomic E-state index is 1.07. The lowest BCUT2D eigenvalue weighted by atomic mass is 9.88. The number of anilines is 3. The summed E-state index contributed by atoms with van der Waals surface area (Å²) in [6.45, 7) is 0. The van der Waals surface area contributed by atoms with Crippen LogP contribution in [-0.2, 0) is 0 Å². The second kappa shape index (κ2) is 16.8. The highest BCUT2D eigenvalue weighted by Crippen LogP contribution is 2.46. The fourth-order valence-corrected chi connectivity index (χ4v) is 9.96. The molecule has 0 radical (unpaired) electrons. The third-order valence-electron chi connectivity index (χ3n) is 13.0. The molecule has 66 heavy (non-hydrogen) atoms. The van der Waals surface area contributed by atoms with Gasteiger partial charge < -0.3 is 9.47 Å². The van der Waals surface area contributed by atoms with Crippen LogP contribution in [0.15, 0.2) is 267 Å². The van der Waals surface area contributed by atoms with Crippen LogP contribution < -0.4 is 4.90 Å². The van der Waals surface area contributed by atoms with Crippen LogP contribution in [0.1, 0.15) is 0 Å². The van der Waals surface area contributed by atoms with Crippen molar-refractivity contribution in [3.05, 3.63) is 267 Å². The Kier molecular flexibility index (Phi) is 9.89. The Hall–Kier alpha value is -8.72. The lowest BCUT2D eigenvalue weighted by molar-refractivity contribution is 1.17. The van der Waals surface area contributed by atoms with Crippen LogP contribution in [-0.4, -0.2) is 4.57 Å². The van der Waals surface area contributed by atoms with E-state index in [4.69, 9.17) is 0 Å². The van der Waals surface area contributed by atoms with Crippen molar-refractivity contribution < 1.29 is 0 Å². The molecule has 0 spiro atoms. The second-order valence-electron chi connectivity index (χ2n) is 16.9. The molecule has 0 saturated heterocycles. The summed E-state index contributed by atoms with van der Waals surface area (Å²) in [4.78, 5) is 2.43. The maximum atomic E-state index is 2.43. The van der Waals surface area contributed by atoms with Crippen molar-refractivity contribution >= 4 is 49.6 Å². The summed E-state index contributed by atoms with van der Waals surface area (Å²) in [5.41, 5.74) is 18.6. The molecule has 0 amide bonds. The Bertz CT molecular complexity index is 3630. The van der Waals surface area contributed by atoms with E-state index >= 15 is 0 Å². The Morgan fingerprint density at radius 2 is 0.712 bits per heavy atom. The van der Waals surface area contributed by atoms with Crippen molar-refractivity contribution in [3.63, 3.8) is 0 Å². The Labute approximate surface area is 385 Å². The third kappa shape index (κ3) is 6.93. The highest BCUT2D eigenvalue weighted by atomic mass is 15.1. The highest BCUT2D eigenvalue weighted by Gasteiger charge is 2.21. The molecule has 11 aromatic carbocycles. The number of hydrogen-bond acceptors (Lipinski definition) is 1. The largest absolute Gasteiger partial charge is 0.310 e. The van der Waals surface area contributed by atoms with Crippen LogP contribution in [0.4, 0.5) is 17.1 Å². The second-order valence-corrected chi connectivity index (χ2v) is 16.9. The molecular formula is C64H44N2.